The van der Waals surface area contributed by atoms with E-state index in [1.165, 1.54) is 0 Å². The summed E-state index contributed by atoms with van der Waals surface area (Å²) in [5.74, 6) is 0.150. The maximum absolute atomic E-state index is 11.8. The Bertz CT molecular complexity index is 659. The van der Waals surface area contributed by atoms with Crippen LogP contribution in [0.15, 0.2) is 15.4 Å². The SMILES string of the molecule is CC(C)c1c(Br)cc(S(N)(=O)=O)c(C(C)C)c1CC#N. The van der Waals surface area contributed by atoms with Crippen molar-refractivity contribution in [1.29, 1.82) is 5.26 Å². The van der Waals surface area contributed by atoms with E-state index >= 15 is 0 Å². The fourth-order valence-electron chi connectivity index (χ4n) is 2.47. The highest BCUT2D eigenvalue weighted by atomic mass is 79.9. The second-order valence-corrected chi connectivity index (χ2v) is 7.74. The van der Waals surface area contributed by atoms with E-state index in [1.54, 1.807) is 6.07 Å². The average molecular weight is 359 g/mol. The van der Waals surface area contributed by atoms with Crippen LogP contribution >= 0.6 is 15.9 Å². The van der Waals surface area contributed by atoms with Gasteiger partial charge in [-0.1, -0.05) is 43.6 Å². The maximum Gasteiger partial charge on any atom is 0.238 e. The summed E-state index contributed by atoms with van der Waals surface area (Å²) in [7, 11) is -3.82. The molecule has 0 radical (unpaired) electrons. The van der Waals surface area contributed by atoms with Crippen LogP contribution in [0.1, 0.15) is 56.2 Å². The molecule has 0 bridgehead atoms. The molecule has 4 nitrogen and oxygen atoms in total. The summed E-state index contributed by atoms with van der Waals surface area (Å²) in [5.41, 5.74) is 2.40. The molecule has 0 aliphatic rings. The van der Waals surface area contributed by atoms with Gasteiger partial charge in [0.1, 0.15) is 0 Å². The number of sulfonamides is 1. The molecule has 0 heterocycles. The zero-order valence-electron chi connectivity index (χ0n) is 12.1. The highest BCUT2D eigenvalue weighted by Gasteiger charge is 2.25. The third-order valence-electron chi connectivity index (χ3n) is 3.15. The Morgan fingerprint density at radius 2 is 1.75 bits per heavy atom. The predicted octanol–water partition coefficient (Wildman–Crippen LogP) is 3.41. The van der Waals surface area contributed by atoms with Crippen molar-refractivity contribution >= 4 is 26.0 Å². The normalized spacial score (nSPS) is 11.9. The predicted molar refractivity (Wildman–Crippen MR) is 83.0 cm³/mol. The summed E-state index contributed by atoms with van der Waals surface area (Å²) < 4.78 is 24.3. The van der Waals surface area contributed by atoms with E-state index in [0.717, 1.165) is 11.1 Å². The zero-order chi connectivity index (χ0) is 15.7. The first-order chi connectivity index (χ1) is 9.11. The van der Waals surface area contributed by atoms with Crippen LogP contribution in [0.5, 0.6) is 0 Å². The molecule has 0 spiro atoms. The fourth-order valence-corrected chi connectivity index (χ4v) is 4.50. The van der Waals surface area contributed by atoms with E-state index in [-0.39, 0.29) is 23.2 Å². The van der Waals surface area contributed by atoms with Crippen LogP contribution in [0, 0.1) is 11.3 Å². The first-order valence-corrected chi connectivity index (χ1v) is 8.70. The Balaban J connectivity index is 3.90. The van der Waals surface area contributed by atoms with Gasteiger partial charge in [-0.25, -0.2) is 13.6 Å². The molecule has 0 unspecified atom stereocenters. The lowest BCUT2D eigenvalue weighted by Gasteiger charge is -2.22. The van der Waals surface area contributed by atoms with Gasteiger partial charge in [-0.3, -0.25) is 0 Å². The average Bonchev–Trinajstić information content (AvgIpc) is 2.26. The van der Waals surface area contributed by atoms with Crippen LogP contribution in [-0.2, 0) is 16.4 Å². The van der Waals surface area contributed by atoms with Gasteiger partial charge < -0.3 is 0 Å². The molecule has 0 saturated carbocycles. The minimum Gasteiger partial charge on any atom is -0.225 e. The first-order valence-electron chi connectivity index (χ1n) is 6.36. The minimum atomic E-state index is -3.82. The molecule has 1 rings (SSSR count). The van der Waals surface area contributed by atoms with Gasteiger partial charge in [0, 0.05) is 4.47 Å². The minimum absolute atomic E-state index is 0.0303. The van der Waals surface area contributed by atoms with Crippen molar-refractivity contribution in [2.24, 2.45) is 5.14 Å². The quantitative estimate of drug-likeness (QED) is 0.894. The number of hydrogen-bond donors (Lipinski definition) is 1. The van der Waals surface area contributed by atoms with Gasteiger partial charge >= 0.3 is 0 Å². The molecule has 0 saturated heterocycles. The van der Waals surface area contributed by atoms with Crippen LogP contribution in [0.25, 0.3) is 0 Å². The molecule has 2 N–H and O–H groups in total. The molecule has 110 valence electrons. The number of nitrogens with zero attached hydrogens (tertiary/aromatic N) is 1. The van der Waals surface area contributed by atoms with E-state index < -0.39 is 10.0 Å². The van der Waals surface area contributed by atoms with Crippen LogP contribution < -0.4 is 5.14 Å². The Morgan fingerprint density at radius 1 is 1.25 bits per heavy atom. The summed E-state index contributed by atoms with van der Waals surface area (Å²) in [5, 5.41) is 14.4. The van der Waals surface area contributed by atoms with Gasteiger partial charge in [0.25, 0.3) is 0 Å². The molecule has 6 heteroatoms. The topological polar surface area (TPSA) is 84.0 Å². The summed E-state index contributed by atoms with van der Waals surface area (Å²) in [6, 6.07) is 3.68. The Kier molecular flexibility index (Phi) is 5.36. The van der Waals surface area contributed by atoms with Crippen molar-refractivity contribution in [1.82, 2.24) is 0 Å². The van der Waals surface area contributed by atoms with Crippen molar-refractivity contribution in [3.8, 4) is 6.07 Å². The van der Waals surface area contributed by atoms with E-state index in [4.69, 9.17) is 10.4 Å². The number of primary sulfonamides is 1. The standard InChI is InChI=1S/C14H19BrN2O2S/c1-8(2)13-10(5-6-16)14(9(3)4)12(7-11(13)15)20(17,18)19/h7-9H,5H2,1-4H3,(H2,17,18,19). The summed E-state index contributed by atoms with van der Waals surface area (Å²) in [6.45, 7) is 7.84. The molecule has 0 aliphatic carbocycles. The molecule has 1 aromatic rings. The van der Waals surface area contributed by atoms with Gasteiger partial charge in [-0.05, 0) is 34.6 Å². The Hall–Kier alpha value is -0.900. The van der Waals surface area contributed by atoms with Crippen LogP contribution in [0.2, 0.25) is 0 Å². The number of nitrogens with two attached hydrogens (primary N) is 1. The zero-order valence-corrected chi connectivity index (χ0v) is 14.5. The van der Waals surface area contributed by atoms with Gasteiger partial charge in [0.15, 0.2) is 0 Å². The largest absolute Gasteiger partial charge is 0.238 e. The van der Waals surface area contributed by atoms with Crippen molar-refractivity contribution in [2.45, 2.75) is 50.8 Å². The smallest absolute Gasteiger partial charge is 0.225 e. The van der Waals surface area contributed by atoms with Crippen molar-refractivity contribution in [3.05, 3.63) is 27.2 Å². The lowest BCUT2D eigenvalue weighted by molar-refractivity contribution is 0.594. The Morgan fingerprint density at radius 3 is 2.10 bits per heavy atom. The third-order valence-corrected chi connectivity index (χ3v) is 4.75. The van der Waals surface area contributed by atoms with Gasteiger partial charge in [0.05, 0.1) is 17.4 Å². The van der Waals surface area contributed by atoms with E-state index in [9.17, 15) is 8.42 Å². The first kappa shape index (κ1) is 17.2. The molecule has 0 aliphatic heterocycles. The summed E-state index contributed by atoms with van der Waals surface area (Å²) in [4.78, 5) is 0.106. The molecule has 0 aromatic heterocycles. The fraction of sp³-hybridized carbons (Fsp3) is 0.500. The number of rotatable bonds is 4. The number of halogens is 1. The maximum atomic E-state index is 11.8. The monoisotopic (exact) mass is 358 g/mol. The molecule has 0 amide bonds. The highest BCUT2D eigenvalue weighted by Crippen LogP contribution is 2.38. The van der Waals surface area contributed by atoms with Crippen molar-refractivity contribution in [2.75, 3.05) is 0 Å². The lowest BCUT2D eigenvalue weighted by Crippen LogP contribution is -2.18. The molecular weight excluding hydrogens is 340 g/mol. The van der Waals surface area contributed by atoms with Crippen LogP contribution in [-0.4, -0.2) is 8.42 Å². The Labute approximate surface area is 129 Å². The van der Waals surface area contributed by atoms with Crippen LogP contribution in [0.4, 0.5) is 0 Å². The number of benzene rings is 1. The molecule has 0 atom stereocenters. The summed E-state index contributed by atoms with van der Waals surface area (Å²) in [6.07, 6.45) is 0.170. The number of nitriles is 1. The molecule has 20 heavy (non-hydrogen) atoms. The van der Waals surface area contributed by atoms with Crippen molar-refractivity contribution < 1.29 is 8.42 Å². The summed E-state index contributed by atoms with van der Waals surface area (Å²) >= 11 is 3.41. The lowest BCUT2D eigenvalue weighted by atomic mass is 9.87. The van der Waals surface area contributed by atoms with E-state index in [0.29, 0.717) is 10.0 Å². The number of hydrogen-bond acceptors (Lipinski definition) is 3. The molecular formula is C14H19BrN2O2S. The van der Waals surface area contributed by atoms with Crippen LogP contribution in [0.3, 0.4) is 0 Å². The second-order valence-electron chi connectivity index (χ2n) is 5.35. The highest BCUT2D eigenvalue weighted by molar-refractivity contribution is 9.10. The molecule has 0 fully saturated rings. The van der Waals surface area contributed by atoms with E-state index in [2.05, 4.69) is 22.0 Å². The second kappa shape index (κ2) is 6.25. The van der Waals surface area contributed by atoms with Crippen molar-refractivity contribution in [3.63, 3.8) is 0 Å². The van der Waals surface area contributed by atoms with E-state index in [1.807, 2.05) is 27.7 Å². The molecule has 1 aromatic carbocycles. The third kappa shape index (κ3) is 3.40. The van der Waals surface area contributed by atoms with Gasteiger partial charge in [-0.15, -0.1) is 0 Å². The van der Waals surface area contributed by atoms with Gasteiger partial charge in [-0.2, -0.15) is 5.26 Å². The van der Waals surface area contributed by atoms with Gasteiger partial charge in [0.2, 0.25) is 10.0 Å².